The first-order valence-corrected chi connectivity index (χ1v) is 8.31. The van der Waals surface area contributed by atoms with E-state index in [0.29, 0.717) is 0 Å². The molecule has 4 rings (SSSR count). The van der Waals surface area contributed by atoms with Crippen LogP contribution in [-0.2, 0) is 26.4 Å². The molecule has 0 spiro atoms. The van der Waals surface area contributed by atoms with Gasteiger partial charge in [-0.1, -0.05) is 0 Å². The van der Waals surface area contributed by atoms with Gasteiger partial charge in [-0.3, -0.25) is 19.2 Å². The van der Waals surface area contributed by atoms with Gasteiger partial charge >= 0.3 is 0 Å². The van der Waals surface area contributed by atoms with Crippen molar-refractivity contribution in [3.8, 4) is 0 Å². The number of fused-ring (bicyclic) bond motifs is 2. The number of hydrogen-bond acceptors (Lipinski definition) is 4. The zero-order chi connectivity index (χ0) is 16.7. The van der Waals surface area contributed by atoms with Gasteiger partial charge in [0.25, 0.3) is 5.56 Å². The van der Waals surface area contributed by atoms with Crippen LogP contribution in [0.2, 0.25) is 0 Å². The number of aryl methyl sites for hydroxylation is 1. The zero-order valence-electron chi connectivity index (χ0n) is 14.0. The summed E-state index contributed by atoms with van der Waals surface area (Å²) in [5, 5.41) is 1.18. The van der Waals surface area contributed by atoms with Crippen molar-refractivity contribution in [3.63, 3.8) is 0 Å². The molecular formula is C18H21N5O. The van der Waals surface area contributed by atoms with Crippen LogP contribution in [0, 0.1) is 6.92 Å². The van der Waals surface area contributed by atoms with Gasteiger partial charge in [0.2, 0.25) is 0 Å². The van der Waals surface area contributed by atoms with Crippen LogP contribution in [0.25, 0.3) is 10.9 Å². The molecule has 3 aromatic rings. The molecule has 0 fully saturated rings. The number of nitrogens with one attached hydrogen (secondary N) is 1. The van der Waals surface area contributed by atoms with Gasteiger partial charge in [-0.05, 0) is 25.5 Å². The van der Waals surface area contributed by atoms with Gasteiger partial charge in [0.05, 0.1) is 23.1 Å². The minimum absolute atomic E-state index is 0.103. The third-order valence-corrected chi connectivity index (χ3v) is 4.92. The highest BCUT2D eigenvalue weighted by Gasteiger charge is 2.19. The number of aromatic amines is 1. The molecule has 0 aromatic carbocycles. The van der Waals surface area contributed by atoms with Crippen LogP contribution in [0.3, 0.4) is 0 Å². The van der Waals surface area contributed by atoms with Crippen LogP contribution < -0.4 is 5.56 Å². The van der Waals surface area contributed by atoms with Crippen molar-refractivity contribution in [2.75, 3.05) is 13.1 Å². The highest BCUT2D eigenvalue weighted by atomic mass is 16.1. The summed E-state index contributed by atoms with van der Waals surface area (Å²) in [5.74, 6) is 0.784. The Morgan fingerprint density at radius 2 is 2.12 bits per heavy atom. The van der Waals surface area contributed by atoms with Gasteiger partial charge in [0.1, 0.15) is 5.82 Å². The van der Waals surface area contributed by atoms with Crippen LogP contribution >= 0.6 is 0 Å². The maximum atomic E-state index is 12.5. The highest BCUT2D eigenvalue weighted by Crippen LogP contribution is 2.16. The minimum Gasteiger partial charge on any atom is -0.360 e. The molecule has 0 saturated heterocycles. The van der Waals surface area contributed by atoms with Crippen molar-refractivity contribution >= 4 is 10.9 Å². The second kappa shape index (κ2) is 5.87. The van der Waals surface area contributed by atoms with Crippen LogP contribution in [0.1, 0.15) is 22.8 Å². The third-order valence-electron chi connectivity index (χ3n) is 4.92. The van der Waals surface area contributed by atoms with Crippen LogP contribution in [0.4, 0.5) is 0 Å². The molecule has 4 heterocycles. The number of hydrogen-bond donors (Lipinski definition) is 1. The van der Waals surface area contributed by atoms with E-state index < -0.39 is 0 Å². The summed E-state index contributed by atoms with van der Waals surface area (Å²) in [5.41, 5.74) is 4.06. The number of aromatic nitrogens is 4. The fourth-order valence-electron chi connectivity index (χ4n) is 3.38. The maximum Gasteiger partial charge on any atom is 0.256 e. The monoisotopic (exact) mass is 323 g/mol. The molecule has 0 radical (unpaired) electrons. The van der Waals surface area contributed by atoms with Crippen molar-refractivity contribution in [1.82, 2.24) is 24.4 Å². The van der Waals surface area contributed by atoms with Crippen molar-refractivity contribution in [2.45, 2.75) is 26.3 Å². The number of rotatable bonds is 2. The molecule has 124 valence electrons. The largest absolute Gasteiger partial charge is 0.360 e. The van der Waals surface area contributed by atoms with E-state index in [1.54, 1.807) is 11.6 Å². The second-order valence-electron chi connectivity index (χ2n) is 6.47. The van der Waals surface area contributed by atoms with Crippen LogP contribution in [0.15, 0.2) is 29.3 Å². The molecule has 0 amide bonds. The lowest BCUT2D eigenvalue weighted by molar-refractivity contribution is 0.275. The Morgan fingerprint density at radius 1 is 1.29 bits per heavy atom. The fraction of sp³-hybridized carbons (Fsp3) is 0.389. The summed E-state index contributed by atoms with van der Waals surface area (Å²) in [7, 11) is 1.80. The Labute approximate surface area is 140 Å². The zero-order valence-corrected chi connectivity index (χ0v) is 14.0. The quantitative estimate of drug-likeness (QED) is 0.777. The summed E-state index contributed by atoms with van der Waals surface area (Å²) in [4.78, 5) is 27.2. The van der Waals surface area contributed by atoms with E-state index in [4.69, 9.17) is 0 Å². The van der Waals surface area contributed by atoms with Gasteiger partial charge in [-0.15, -0.1) is 0 Å². The fourth-order valence-corrected chi connectivity index (χ4v) is 3.38. The van der Waals surface area contributed by atoms with Gasteiger partial charge in [-0.2, -0.15) is 0 Å². The van der Waals surface area contributed by atoms with Crippen molar-refractivity contribution in [1.29, 1.82) is 0 Å². The molecule has 1 aliphatic rings. The van der Waals surface area contributed by atoms with E-state index in [1.165, 1.54) is 5.39 Å². The van der Waals surface area contributed by atoms with Crippen molar-refractivity contribution < 1.29 is 0 Å². The summed E-state index contributed by atoms with van der Waals surface area (Å²) < 4.78 is 1.65. The lowest BCUT2D eigenvalue weighted by Gasteiger charge is -2.18. The maximum absolute atomic E-state index is 12.5. The lowest BCUT2D eigenvalue weighted by atomic mass is 10.1. The Morgan fingerprint density at radius 3 is 3.00 bits per heavy atom. The van der Waals surface area contributed by atoms with E-state index in [1.807, 2.05) is 19.3 Å². The number of H-pyrrole nitrogens is 1. The summed E-state index contributed by atoms with van der Waals surface area (Å²) >= 11 is 0. The first kappa shape index (κ1) is 15.1. The topological polar surface area (TPSA) is 66.8 Å². The van der Waals surface area contributed by atoms with Crippen LogP contribution in [-0.4, -0.2) is 37.5 Å². The average molecular weight is 323 g/mol. The predicted molar refractivity (Wildman–Crippen MR) is 93.0 cm³/mol. The van der Waals surface area contributed by atoms with Crippen LogP contribution in [0.5, 0.6) is 0 Å². The molecule has 6 nitrogen and oxygen atoms in total. The normalized spacial score (nSPS) is 15.4. The van der Waals surface area contributed by atoms with E-state index in [2.05, 4.69) is 32.0 Å². The Bertz CT molecular complexity index is 956. The van der Waals surface area contributed by atoms with Gasteiger partial charge in [0.15, 0.2) is 0 Å². The molecule has 0 bridgehead atoms. The SMILES string of the molecule is Cc1nc2c(c(=O)n1C)CCN(Cc1cc3cc[nH]c3cn1)CC2. The van der Waals surface area contributed by atoms with E-state index in [-0.39, 0.29) is 5.56 Å². The summed E-state index contributed by atoms with van der Waals surface area (Å²) in [6.07, 6.45) is 5.39. The van der Waals surface area contributed by atoms with Crippen molar-refractivity contribution in [3.05, 3.63) is 57.7 Å². The van der Waals surface area contributed by atoms with E-state index in [9.17, 15) is 4.79 Å². The Balaban J connectivity index is 1.55. The molecule has 6 heteroatoms. The minimum atomic E-state index is 0.103. The molecule has 0 unspecified atom stereocenters. The smallest absolute Gasteiger partial charge is 0.256 e. The second-order valence-corrected chi connectivity index (χ2v) is 6.47. The predicted octanol–water partition coefficient (Wildman–Crippen LogP) is 1.57. The van der Waals surface area contributed by atoms with Gasteiger partial charge in [-0.25, -0.2) is 4.98 Å². The van der Waals surface area contributed by atoms with Gasteiger partial charge in [0, 0.05) is 50.2 Å². The van der Waals surface area contributed by atoms with Crippen molar-refractivity contribution in [2.24, 2.45) is 7.05 Å². The standard InChI is InChI=1S/C18H21N5O/c1-12-21-16-5-8-23(7-4-15(16)18(24)22(12)2)11-14-9-13-3-6-19-17(13)10-20-14/h3,6,9-10,19H,4-5,7-8,11H2,1-2H3. The molecule has 1 aliphatic heterocycles. The van der Waals surface area contributed by atoms with E-state index >= 15 is 0 Å². The first-order chi connectivity index (χ1) is 11.6. The Hall–Kier alpha value is -2.47. The molecule has 0 atom stereocenters. The molecule has 0 aliphatic carbocycles. The molecular weight excluding hydrogens is 302 g/mol. The van der Waals surface area contributed by atoms with Gasteiger partial charge < -0.3 is 4.98 Å². The number of nitrogens with zero attached hydrogens (tertiary/aromatic N) is 4. The molecule has 3 aromatic heterocycles. The number of pyridine rings is 1. The summed E-state index contributed by atoms with van der Waals surface area (Å²) in [6.45, 7) is 4.45. The molecule has 0 saturated carbocycles. The first-order valence-electron chi connectivity index (χ1n) is 8.31. The third kappa shape index (κ3) is 2.63. The lowest BCUT2D eigenvalue weighted by Crippen LogP contribution is -2.28. The van der Waals surface area contributed by atoms with E-state index in [0.717, 1.165) is 60.8 Å². The molecule has 24 heavy (non-hydrogen) atoms. The highest BCUT2D eigenvalue weighted by molar-refractivity contribution is 5.78. The average Bonchev–Trinajstić information content (AvgIpc) is 2.95. The molecule has 1 N–H and O–H groups in total. The summed E-state index contributed by atoms with van der Waals surface area (Å²) in [6, 6.07) is 4.19. The Kier molecular flexibility index (Phi) is 3.69.